The topological polar surface area (TPSA) is 79.6 Å². The molecule has 23 heavy (non-hydrogen) atoms. The molecule has 2 N–H and O–H groups in total. The van der Waals surface area contributed by atoms with Crippen LogP contribution in [0.4, 0.5) is 0 Å². The van der Waals surface area contributed by atoms with E-state index in [1.165, 1.54) is 25.7 Å². The van der Waals surface area contributed by atoms with Gasteiger partial charge >= 0.3 is 0 Å². The number of benzene rings is 1. The number of hydrogen-bond acceptors (Lipinski definition) is 4. The van der Waals surface area contributed by atoms with E-state index in [0.717, 1.165) is 34.1 Å². The first-order valence-electron chi connectivity index (χ1n) is 8.27. The molecule has 1 aliphatic rings. The summed E-state index contributed by atoms with van der Waals surface area (Å²) < 4.78 is 1.83. The Hall–Kier alpha value is -2.21. The van der Waals surface area contributed by atoms with E-state index >= 15 is 0 Å². The molecule has 120 valence electrons. The molecule has 0 unspecified atom stereocenters. The Morgan fingerprint density at radius 1 is 1.26 bits per heavy atom. The first-order valence-corrected chi connectivity index (χ1v) is 8.27. The number of aryl methyl sites for hydroxylation is 1. The standard InChI is InChI=1S/C17H21N5O/c1-11-18-14-7-6-13(10-15(14)19-11)17-20-16(12-4-2-3-5-12)21-22(17)8-9-23/h6-7,10,12,23H,2-5,8-9H2,1H3,(H,18,19). The normalized spacial score (nSPS) is 15.7. The van der Waals surface area contributed by atoms with E-state index in [2.05, 4.69) is 21.1 Å². The minimum Gasteiger partial charge on any atom is -0.394 e. The van der Waals surface area contributed by atoms with Crippen LogP contribution < -0.4 is 0 Å². The molecule has 1 fully saturated rings. The molecule has 0 bridgehead atoms. The molecule has 0 saturated heterocycles. The van der Waals surface area contributed by atoms with Gasteiger partial charge in [-0.05, 0) is 38.0 Å². The van der Waals surface area contributed by atoms with Crippen LogP contribution >= 0.6 is 0 Å². The molecular formula is C17H21N5O. The molecule has 1 aliphatic carbocycles. The molecule has 0 radical (unpaired) electrons. The summed E-state index contributed by atoms with van der Waals surface area (Å²) in [6.07, 6.45) is 4.85. The number of H-pyrrole nitrogens is 1. The zero-order chi connectivity index (χ0) is 15.8. The van der Waals surface area contributed by atoms with E-state index in [1.54, 1.807) is 0 Å². The molecule has 0 amide bonds. The fourth-order valence-corrected chi connectivity index (χ4v) is 3.46. The Bertz CT molecular complexity index is 829. The van der Waals surface area contributed by atoms with Crippen LogP contribution in [-0.4, -0.2) is 36.4 Å². The summed E-state index contributed by atoms with van der Waals surface area (Å²) in [7, 11) is 0. The number of aromatic nitrogens is 5. The van der Waals surface area contributed by atoms with Crippen LogP contribution in [0.5, 0.6) is 0 Å². The van der Waals surface area contributed by atoms with E-state index < -0.39 is 0 Å². The van der Waals surface area contributed by atoms with Gasteiger partial charge in [-0.15, -0.1) is 0 Å². The van der Waals surface area contributed by atoms with Gasteiger partial charge < -0.3 is 10.1 Å². The average Bonchev–Trinajstić information content (AvgIpc) is 3.24. The second-order valence-corrected chi connectivity index (χ2v) is 6.28. The fraction of sp³-hybridized carbons (Fsp3) is 0.471. The number of nitrogens with one attached hydrogen (secondary N) is 1. The van der Waals surface area contributed by atoms with E-state index in [1.807, 2.05) is 23.7 Å². The highest BCUT2D eigenvalue weighted by Gasteiger charge is 2.23. The van der Waals surface area contributed by atoms with E-state index in [4.69, 9.17) is 4.98 Å². The number of hydrogen-bond donors (Lipinski definition) is 2. The Morgan fingerprint density at radius 2 is 2.09 bits per heavy atom. The highest BCUT2D eigenvalue weighted by Crippen LogP contribution is 2.33. The maximum Gasteiger partial charge on any atom is 0.158 e. The zero-order valence-corrected chi connectivity index (χ0v) is 13.3. The first kappa shape index (κ1) is 14.4. The summed E-state index contributed by atoms with van der Waals surface area (Å²) in [5, 5.41) is 14.0. The van der Waals surface area contributed by atoms with E-state index in [-0.39, 0.29) is 6.61 Å². The predicted molar refractivity (Wildman–Crippen MR) is 88.1 cm³/mol. The largest absolute Gasteiger partial charge is 0.394 e. The lowest BCUT2D eigenvalue weighted by atomic mass is 10.1. The molecule has 4 rings (SSSR count). The van der Waals surface area contributed by atoms with Gasteiger partial charge in [0.15, 0.2) is 11.6 Å². The smallest absolute Gasteiger partial charge is 0.158 e. The third-order valence-corrected chi connectivity index (χ3v) is 4.58. The van der Waals surface area contributed by atoms with Crippen molar-refractivity contribution in [3.8, 4) is 11.4 Å². The van der Waals surface area contributed by atoms with Crippen LogP contribution in [0.1, 0.15) is 43.3 Å². The van der Waals surface area contributed by atoms with Gasteiger partial charge in [0, 0.05) is 11.5 Å². The van der Waals surface area contributed by atoms with Crippen LogP contribution in [0.25, 0.3) is 22.4 Å². The van der Waals surface area contributed by atoms with Gasteiger partial charge in [-0.2, -0.15) is 5.10 Å². The number of fused-ring (bicyclic) bond motifs is 1. The number of aromatic amines is 1. The van der Waals surface area contributed by atoms with Gasteiger partial charge in [-0.3, -0.25) is 0 Å². The zero-order valence-electron chi connectivity index (χ0n) is 13.3. The van der Waals surface area contributed by atoms with Crippen molar-refractivity contribution < 1.29 is 5.11 Å². The van der Waals surface area contributed by atoms with Crippen LogP contribution in [0.3, 0.4) is 0 Å². The van der Waals surface area contributed by atoms with Crippen molar-refractivity contribution in [2.24, 2.45) is 0 Å². The summed E-state index contributed by atoms with van der Waals surface area (Å²) in [5.74, 6) is 3.12. The Balaban J connectivity index is 1.77. The molecule has 0 spiro atoms. The Kier molecular flexibility index (Phi) is 3.61. The van der Waals surface area contributed by atoms with Crippen LogP contribution in [0.2, 0.25) is 0 Å². The molecule has 1 saturated carbocycles. The Morgan fingerprint density at radius 3 is 2.87 bits per heavy atom. The van der Waals surface area contributed by atoms with Gasteiger partial charge in [0.2, 0.25) is 0 Å². The van der Waals surface area contributed by atoms with E-state index in [0.29, 0.717) is 12.5 Å². The van der Waals surface area contributed by atoms with Crippen LogP contribution in [0.15, 0.2) is 18.2 Å². The second kappa shape index (κ2) is 5.77. The summed E-state index contributed by atoms with van der Waals surface area (Å²) in [6.45, 7) is 2.48. The monoisotopic (exact) mass is 311 g/mol. The highest BCUT2D eigenvalue weighted by molar-refractivity contribution is 5.80. The van der Waals surface area contributed by atoms with Gasteiger partial charge in [-0.25, -0.2) is 14.6 Å². The molecule has 3 aromatic rings. The molecule has 2 heterocycles. The quantitative estimate of drug-likeness (QED) is 0.776. The van der Waals surface area contributed by atoms with Crippen molar-refractivity contribution in [3.05, 3.63) is 29.8 Å². The number of aliphatic hydroxyl groups excluding tert-OH is 1. The lowest BCUT2D eigenvalue weighted by Crippen LogP contribution is -2.06. The molecular weight excluding hydrogens is 290 g/mol. The van der Waals surface area contributed by atoms with Gasteiger partial charge in [0.25, 0.3) is 0 Å². The third-order valence-electron chi connectivity index (χ3n) is 4.58. The maximum absolute atomic E-state index is 9.34. The Labute approximate surface area is 134 Å². The van der Waals surface area contributed by atoms with Gasteiger partial charge in [0.1, 0.15) is 5.82 Å². The first-order chi connectivity index (χ1) is 11.2. The summed E-state index contributed by atoms with van der Waals surface area (Å²) in [4.78, 5) is 12.5. The number of aliphatic hydroxyl groups is 1. The minimum atomic E-state index is 0.0614. The van der Waals surface area contributed by atoms with Crippen molar-refractivity contribution in [1.29, 1.82) is 0 Å². The van der Waals surface area contributed by atoms with Crippen molar-refractivity contribution >= 4 is 11.0 Å². The minimum absolute atomic E-state index is 0.0614. The SMILES string of the molecule is Cc1nc2ccc(-c3nc(C4CCCC4)nn3CCO)cc2[nH]1. The average molecular weight is 311 g/mol. The second-order valence-electron chi connectivity index (χ2n) is 6.28. The molecule has 1 aromatic carbocycles. The van der Waals surface area contributed by atoms with Crippen molar-refractivity contribution in [2.45, 2.75) is 45.1 Å². The number of rotatable bonds is 4. The van der Waals surface area contributed by atoms with Crippen LogP contribution in [0, 0.1) is 6.92 Å². The molecule has 6 heteroatoms. The molecule has 0 atom stereocenters. The van der Waals surface area contributed by atoms with Gasteiger partial charge in [0.05, 0.1) is 24.2 Å². The summed E-state index contributed by atoms with van der Waals surface area (Å²) in [5.41, 5.74) is 2.96. The summed E-state index contributed by atoms with van der Waals surface area (Å²) >= 11 is 0. The predicted octanol–water partition coefficient (Wildman–Crippen LogP) is 2.78. The van der Waals surface area contributed by atoms with Crippen LogP contribution in [-0.2, 0) is 6.54 Å². The van der Waals surface area contributed by atoms with Crippen molar-refractivity contribution in [2.75, 3.05) is 6.61 Å². The lowest BCUT2D eigenvalue weighted by molar-refractivity contribution is 0.269. The molecule has 6 nitrogen and oxygen atoms in total. The third kappa shape index (κ3) is 2.63. The lowest BCUT2D eigenvalue weighted by Gasteiger charge is -2.03. The van der Waals surface area contributed by atoms with Gasteiger partial charge in [-0.1, -0.05) is 12.8 Å². The molecule has 0 aliphatic heterocycles. The van der Waals surface area contributed by atoms with Crippen molar-refractivity contribution in [1.82, 2.24) is 24.7 Å². The fourth-order valence-electron chi connectivity index (χ4n) is 3.46. The highest BCUT2D eigenvalue weighted by atomic mass is 16.3. The van der Waals surface area contributed by atoms with E-state index in [9.17, 15) is 5.11 Å². The number of imidazole rings is 1. The maximum atomic E-state index is 9.34. The summed E-state index contributed by atoms with van der Waals surface area (Å²) in [6, 6.07) is 6.09. The van der Waals surface area contributed by atoms with Crippen molar-refractivity contribution in [3.63, 3.8) is 0 Å². The number of nitrogens with zero attached hydrogens (tertiary/aromatic N) is 4. The molecule has 2 aromatic heterocycles.